The van der Waals surface area contributed by atoms with Gasteiger partial charge in [-0.15, -0.1) is 0 Å². The van der Waals surface area contributed by atoms with E-state index in [4.69, 9.17) is 9.15 Å². The van der Waals surface area contributed by atoms with Crippen molar-refractivity contribution in [2.75, 3.05) is 0 Å². The molecule has 0 aliphatic carbocycles. The molecule has 2 aromatic carbocycles. The fourth-order valence-electron chi connectivity index (χ4n) is 2.70. The van der Waals surface area contributed by atoms with Crippen molar-refractivity contribution < 1.29 is 19.1 Å². The first kappa shape index (κ1) is 16.8. The molecule has 0 radical (unpaired) electrons. The van der Waals surface area contributed by atoms with Crippen LogP contribution in [-0.4, -0.2) is 11.1 Å². The fraction of sp³-hybridized carbons (Fsp3) is 0.200. The van der Waals surface area contributed by atoms with E-state index in [1.807, 2.05) is 37.3 Å². The molecule has 25 heavy (non-hydrogen) atoms. The minimum Gasteiger partial charge on any atom is -0.508 e. The molecule has 0 fully saturated rings. The summed E-state index contributed by atoms with van der Waals surface area (Å²) in [5.41, 5.74) is 1.32. The van der Waals surface area contributed by atoms with Crippen LogP contribution in [0.4, 0.5) is 0 Å². The highest BCUT2D eigenvalue weighted by Crippen LogP contribution is 2.23. The van der Waals surface area contributed by atoms with Crippen molar-refractivity contribution in [3.05, 3.63) is 76.1 Å². The van der Waals surface area contributed by atoms with E-state index in [2.05, 4.69) is 0 Å². The molecule has 5 nitrogen and oxygen atoms in total. The maximum Gasteiger partial charge on any atom is 0.336 e. The average molecular weight is 338 g/mol. The van der Waals surface area contributed by atoms with Crippen LogP contribution in [0.3, 0.4) is 0 Å². The molecule has 0 bridgehead atoms. The predicted molar refractivity (Wildman–Crippen MR) is 93.4 cm³/mol. The number of phenolic OH excluding ortho intramolecular Hbond substituents is 1. The molecule has 1 N–H and O–H groups in total. The standard InChI is InChI=1S/C20H18O5/c1-13(14-5-3-2-4-6-14)9-19(22)24-12-15-10-20(23)25-18-11-16(21)7-8-17(15)18/h2-8,10-11,13,21H,9,12H2,1H3/t13-/m0/s1. The van der Waals surface area contributed by atoms with Crippen molar-refractivity contribution >= 4 is 16.9 Å². The van der Waals surface area contributed by atoms with E-state index in [1.165, 1.54) is 18.2 Å². The highest BCUT2D eigenvalue weighted by Gasteiger charge is 2.14. The van der Waals surface area contributed by atoms with E-state index in [9.17, 15) is 14.7 Å². The van der Waals surface area contributed by atoms with Gasteiger partial charge in [-0.25, -0.2) is 4.79 Å². The zero-order valence-corrected chi connectivity index (χ0v) is 13.8. The van der Waals surface area contributed by atoms with Crippen LogP contribution in [-0.2, 0) is 16.1 Å². The molecule has 3 rings (SSSR count). The number of carbonyl (C=O) groups excluding carboxylic acids is 1. The molecule has 0 saturated carbocycles. The van der Waals surface area contributed by atoms with Gasteiger partial charge < -0.3 is 14.3 Å². The number of ether oxygens (including phenoxy) is 1. The van der Waals surface area contributed by atoms with E-state index < -0.39 is 5.63 Å². The lowest BCUT2D eigenvalue weighted by atomic mass is 9.98. The molecule has 5 heteroatoms. The van der Waals surface area contributed by atoms with E-state index in [1.54, 1.807) is 6.07 Å². The Morgan fingerprint density at radius 3 is 2.68 bits per heavy atom. The maximum absolute atomic E-state index is 12.1. The van der Waals surface area contributed by atoms with Crippen LogP contribution < -0.4 is 5.63 Å². The van der Waals surface area contributed by atoms with E-state index in [0.29, 0.717) is 10.9 Å². The first-order valence-electron chi connectivity index (χ1n) is 7.99. The van der Waals surface area contributed by atoms with Crippen LogP contribution in [0.5, 0.6) is 5.75 Å². The molecule has 0 aliphatic heterocycles. The van der Waals surface area contributed by atoms with Gasteiger partial charge >= 0.3 is 11.6 Å². The fourth-order valence-corrected chi connectivity index (χ4v) is 2.70. The minimum atomic E-state index is -0.554. The number of rotatable bonds is 5. The number of carbonyl (C=O) groups is 1. The molecule has 0 unspecified atom stereocenters. The lowest BCUT2D eigenvalue weighted by Crippen LogP contribution is -2.10. The summed E-state index contributed by atoms with van der Waals surface area (Å²) in [6.07, 6.45) is 0.254. The number of hydrogen-bond donors (Lipinski definition) is 1. The second-order valence-corrected chi connectivity index (χ2v) is 5.95. The molecule has 0 saturated heterocycles. The maximum atomic E-state index is 12.1. The predicted octanol–water partition coefficient (Wildman–Crippen LogP) is 3.74. The lowest BCUT2D eigenvalue weighted by Gasteiger charge is -2.12. The number of fused-ring (bicyclic) bond motifs is 1. The van der Waals surface area contributed by atoms with Gasteiger partial charge in [0.1, 0.15) is 17.9 Å². The van der Waals surface area contributed by atoms with Crippen LogP contribution in [0.15, 0.2) is 63.8 Å². The van der Waals surface area contributed by atoms with Gasteiger partial charge in [0, 0.05) is 23.1 Å². The number of aromatic hydroxyl groups is 1. The van der Waals surface area contributed by atoms with Crippen molar-refractivity contribution in [3.8, 4) is 5.75 Å². The molecule has 0 spiro atoms. The van der Waals surface area contributed by atoms with Crippen LogP contribution in [0.1, 0.15) is 30.4 Å². The monoisotopic (exact) mass is 338 g/mol. The van der Waals surface area contributed by atoms with Crippen LogP contribution in [0.2, 0.25) is 0 Å². The Kier molecular flexibility index (Phi) is 4.84. The highest BCUT2D eigenvalue weighted by molar-refractivity contribution is 5.81. The molecular weight excluding hydrogens is 320 g/mol. The Morgan fingerprint density at radius 2 is 1.92 bits per heavy atom. The number of benzene rings is 2. The smallest absolute Gasteiger partial charge is 0.336 e. The second-order valence-electron chi connectivity index (χ2n) is 5.95. The van der Waals surface area contributed by atoms with Gasteiger partial charge in [-0.2, -0.15) is 0 Å². The Morgan fingerprint density at radius 1 is 1.16 bits per heavy atom. The van der Waals surface area contributed by atoms with Crippen LogP contribution >= 0.6 is 0 Å². The van der Waals surface area contributed by atoms with Gasteiger partial charge in [0.05, 0.1) is 6.42 Å². The molecule has 0 aliphatic rings. The van der Waals surface area contributed by atoms with Gasteiger partial charge in [0.25, 0.3) is 0 Å². The van der Waals surface area contributed by atoms with Crippen molar-refractivity contribution in [1.82, 2.24) is 0 Å². The third kappa shape index (κ3) is 4.07. The number of phenols is 1. The summed E-state index contributed by atoms with van der Waals surface area (Å²) in [5.74, 6) is -0.291. The SMILES string of the molecule is C[C@@H](CC(=O)OCc1cc(=O)oc2cc(O)ccc12)c1ccccc1. The topological polar surface area (TPSA) is 76.7 Å². The Labute approximate surface area is 144 Å². The van der Waals surface area contributed by atoms with Gasteiger partial charge in [-0.05, 0) is 23.6 Å². The van der Waals surface area contributed by atoms with Gasteiger partial charge in [-0.1, -0.05) is 37.3 Å². The highest BCUT2D eigenvalue weighted by atomic mass is 16.5. The van der Waals surface area contributed by atoms with Gasteiger partial charge in [0.15, 0.2) is 0 Å². The van der Waals surface area contributed by atoms with Crippen molar-refractivity contribution in [3.63, 3.8) is 0 Å². The Hall–Kier alpha value is -3.08. The molecular formula is C20H18O5. The number of esters is 1. The van der Waals surface area contributed by atoms with E-state index in [-0.39, 0.29) is 36.2 Å². The summed E-state index contributed by atoms with van der Waals surface area (Å²) in [5, 5.41) is 10.1. The lowest BCUT2D eigenvalue weighted by molar-refractivity contribution is -0.145. The summed E-state index contributed by atoms with van der Waals surface area (Å²) >= 11 is 0. The average Bonchev–Trinajstić information content (AvgIpc) is 2.59. The molecule has 1 atom stereocenters. The minimum absolute atomic E-state index is 0.00137. The summed E-state index contributed by atoms with van der Waals surface area (Å²) in [6, 6.07) is 15.5. The largest absolute Gasteiger partial charge is 0.508 e. The van der Waals surface area contributed by atoms with Crippen molar-refractivity contribution in [2.45, 2.75) is 25.9 Å². The zero-order valence-electron chi connectivity index (χ0n) is 13.8. The Bertz CT molecular complexity index is 943. The summed E-state index contributed by atoms with van der Waals surface area (Å²) < 4.78 is 10.4. The van der Waals surface area contributed by atoms with Crippen molar-refractivity contribution in [1.29, 1.82) is 0 Å². The van der Waals surface area contributed by atoms with Crippen molar-refractivity contribution in [2.24, 2.45) is 0 Å². The quantitative estimate of drug-likeness (QED) is 0.566. The van der Waals surface area contributed by atoms with Gasteiger partial charge in [0.2, 0.25) is 0 Å². The molecule has 128 valence electrons. The second kappa shape index (κ2) is 7.21. The first-order valence-corrected chi connectivity index (χ1v) is 7.99. The van der Waals surface area contributed by atoms with E-state index in [0.717, 1.165) is 5.56 Å². The zero-order chi connectivity index (χ0) is 17.8. The van der Waals surface area contributed by atoms with Crippen LogP contribution in [0, 0.1) is 0 Å². The summed E-state index contributed by atoms with van der Waals surface area (Å²) in [4.78, 5) is 23.7. The third-order valence-electron chi connectivity index (χ3n) is 4.04. The van der Waals surface area contributed by atoms with E-state index >= 15 is 0 Å². The number of hydrogen-bond acceptors (Lipinski definition) is 5. The Balaban J connectivity index is 1.70. The molecule has 0 amide bonds. The normalized spacial score (nSPS) is 12.0. The molecule has 1 aromatic heterocycles. The van der Waals surface area contributed by atoms with Gasteiger partial charge in [-0.3, -0.25) is 4.79 Å². The summed E-state index contributed by atoms with van der Waals surface area (Å²) in [7, 11) is 0. The summed E-state index contributed by atoms with van der Waals surface area (Å²) in [6.45, 7) is 1.94. The third-order valence-corrected chi connectivity index (χ3v) is 4.04. The van der Waals surface area contributed by atoms with Crippen LogP contribution in [0.25, 0.3) is 11.0 Å². The molecule has 3 aromatic rings. The molecule has 1 heterocycles. The first-order chi connectivity index (χ1) is 12.0.